The van der Waals surface area contributed by atoms with Crippen molar-refractivity contribution in [2.24, 2.45) is 0 Å². The Kier molecular flexibility index (Phi) is 1.13. The predicted octanol–water partition coefficient (Wildman–Crippen LogP) is 1.32. The number of hydrogen-bond acceptors (Lipinski definition) is 2. The smallest absolute Gasteiger partial charge is 0.216 e. The average Bonchev–Trinajstić information content (AvgIpc) is 2.33. The van der Waals surface area contributed by atoms with Crippen molar-refractivity contribution in [1.29, 1.82) is 0 Å². The summed E-state index contributed by atoms with van der Waals surface area (Å²) in [5.41, 5.74) is 2.27. The van der Waals surface area contributed by atoms with Crippen molar-refractivity contribution < 1.29 is 4.74 Å². The summed E-state index contributed by atoms with van der Waals surface area (Å²) >= 11 is 0. The Balaban J connectivity index is 2.52. The summed E-state index contributed by atoms with van der Waals surface area (Å²) in [5.74, 6) is 0.833. The van der Waals surface area contributed by atoms with Crippen LogP contribution in [0.15, 0.2) is 12.1 Å². The molecule has 2 heterocycles. The zero-order valence-electron chi connectivity index (χ0n) is 5.92. The standard InChI is InChI=1S/C8H9NO/c1-6-2-3-7-4-5-10-8(7)9-6/h2-3H,4-5H2,1H3. The van der Waals surface area contributed by atoms with Crippen LogP contribution in [0.1, 0.15) is 11.3 Å². The van der Waals surface area contributed by atoms with E-state index in [2.05, 4.69) is 11.1 Å². The van der Waals surface area contributed by atoms with Crippen molar-refractivity contribution in [2.75, 3.05) is 6.61 Å². The molecule has 0 saturated heterocycles. The minimum absolute atomic E-state index is 0.797. The van der Waals surface area contributed by atoms with E-state index < -0.39 is 0 Å². The fourth-order valence-corrected chi connectivity index (χ4v) is 1.13. The van der Waals surface area contributed by atoms with Gasteiger partial charge in [0, 0.05) is 17.7 Å². The van der Waals surface area contributed by atoms with Crippen molar-refractivity contribution in [3.05, 3.63) is 23.4 Å². The average molecular weight is 135 g/mol. The van der Waals surface area contributed by atoms with Gasteiger partial charge < -0.3 is 4.74 Å². The van der Waals surface area contributed by atoms with Gasteiger partial charge in [0.1, 0.15) is 0 Å². The Labute approximate surface area is 59.9 Å². The molecular formula is C8H9NO. The topological polar surface area (TPSA) is 22.1 Å². The van der Waals surface area contributed by atoms with E-state index in [9.17, 15) is 0 Å². The van der Waals surface area contributed by atoms with Crippen LogP contribution < -0.4 is 4.74 Å². The second kappa shape index (κ2) is 1.97. The van der Waals surface area contributed by atoms with Crippen molar-refractivity contribution in [2.45, 2.75) is 13.3 Å². The number of ether oxygens (including phenoxy) is 1. The Morgan fingerprint density at radius 3 is 3.30 bits per heavy atom. The minimum Gasteiger partial charge on any atom is -0.477 e. The number of nitrogens with zero attached hydrogens (tertiary/aromatic N) is 1. The second-order valence-electron chi connectivity index (χ2n) is 2.52. The van der Waals surface area contributed by atoms with E-state index in [1.165, 1.54) is 5.56 Å². The maximum absolute atomic E-state index is 5.27. The van der Waals surface area contributed by atoms with Gasteiger partial charge in [-0.1, -0.05) is 6.07 Å². The summed E-state index contributed by atoms with van der Waals surface area (Å²) in [7, 11) is 0. The maximum atomic E-state index is 5.27. The van der Waals surface area contributed by atoms with E-state index in [1.54, 1.807) is 0 Å². The lowest BCUT2D eigenvalue weighted by Gasteiger charge is -1.96. The van der Waals surface area contributed by atoms with Crippen LogP contribution in [0.4, 0.5) is 0 Å². The molecule has 0 saturated carbocycles. The molecule has 0 atom stereocenters. The molecule has 0 amide bonds. The van der Waals surface area contributed by atoms with Gasteiger partial charge in [-0.15, -0.1) is 0 Å². The number of aromatic nitrogens is 1. The van der Waals surface area contributed by atoms with Crippen LogP contribution in [0, 0.1) is 6.92 Å². The molecule has 0 N–H and O–H groups in total. The minimum atomic E-state index is 0.797. The van der Waals surface area contributed by atoms with E-state index in [-0.39, 0.29) is 0 Å². The second-order valence-corrected chi connectivity index (χ2v) is 2.52. The fraction of sp³-hybridized carbons (Fsp3) is 0.375. The lowest BCUT2D eigenvalue weighted by Crippen LogP contribution is -1.88. The van der Waals surface area contributed by atoms with Crippen LogP contribution in [0.25, 0.3) is 0 Å². The first-order chi connectivity index (χ1) is 4.86. The Morgan fingerprint density at radius 1 is 1.50 bits per heavy atom. The zero-order valence-corrected chi connectivity index (χ0v) is 5.92. The predicted molar refractivity (Wildman–Crippen MR) is 38.2 cm³/mol. The van der Waals surface area contributed by atoms with Gasteiger partial charge in [0.25, 0.3) is 0 Å². The molecule has 0 radical (unpaired) electrons. The molecule has 0 unspecified atom stereocenters. The van der Waals surface area contributed by atoms with Gasteiger partial charge in [0.05, 0.1) is 6.61 Å². The lowest BCUT2D eigenvalue weighted by atomic mass is 10.2. The van der Waals surface area contributed by atoms with E-state index in [4.69, 9.17) is 4.74 Å². The molecule has 0 aliphatic carbocycles. The van der Waals surface area contributed by atoms with Gasteiger partial charge in [0.15, 0.2) is 0 Å². The molecule has 2 rings (SSSR count). The van der Waals surface area contributed by atoms with Crippen LogP contribution in [-0.4, -0.2) is 11.6 Å². The van der Waals surface area contributed by atoms with E-state index in [0.717, 1.165) is 24.6 Å². The summed E-state index contributed by atoms with van der Waals surface area (Å²) in [6, 6.07) is 4.11. The Hall–Kier alpha value is -1.05. The third-order valence-electron chi connectivity index (χ3n) is 1.69. The number of rotatable bonds is 0. The molecule has 1 aliphatic heterocycles. The van der Waals surface area contributed by atoms with Crippen LogP contribution in [0.3, 0.4) is 0 Å². The molecule has 0 spiro atoms. The quantitative estimate of drug-likeness (QED) is 0.535. The first-order valence-corrected chi connectivity index (χ1v) is 3.45. The van der Waals surface area contributed by atoms with E-state index in [1.807, 2.05) is 13.0 Å². The SMILES string of the molecule is Cc1ccc2c(n1)OCC2. The van der Waals surface area contributed by atoms with Gasteiger partial charge in [-0.3, -0.25) is 0 Å². The molecule has 2 nitrogen and oxygen atoms in total. The van der Waals surface area contributed by atoms with Crippen molar-refractivity contribution in [1.82, 2.24) is 4.98 Å². The fourth-order valence-electron chi connectivity index (χ4n) is 1.13. The highest BCUT2D eigenvalue weighted by Crippen LogP contribution is 2.21. The van der Waals surface area contributed by atoms with Crippen molar-refractivity contribution in [3.8, 4) is 5.88 Å². The van der Waals surface area contributed by atoms with Crippen LogP contribution in [0.2, 0.25) is 0 Å². The third kappa shape index (κ3) is 0.764. The molecule has 1 aromatic heterocycles. The summed E-state index contributed by atoms with van der Waals surface area (Å²) < 4.78 is 5.27. The largest absolute Gasteiger partial charge is 0.477 e. The van der Waals surface area contributed by atoms with Crippen molar-refractivity contribution >= 4 is 0 Å². The molecule has 0 bridgehead atoms. The highest BCUT2D eigenvalue weighted by Gasteiger charge is 2.11. The molecule has 0 aromatic carbocycles. The number of aryl methyl sites for hydroxylation is 1. The van der Waals surface area contributed by atoms with Gasteiger partial charge in [-0.05, 0) is 13.0 Å². The summed E-state index contributed by atoms with van der Waals surface area (Å²) in [4.78, 5) is 4.23. The molecule has 1 aromatic rings. The highest BCUT2D eigenvalue weighted by molar-refractivity contribution is 5.30. The van der Waals surface area contributed by atoms with E-state index in [0.29, 0.717) is 0 Å². The maximum Gasteiger partial charge on any atom is 0.216 e. The first-order valence-electron chi connectivity index (χ1n) is 3.45. The van der Waals surface area contributed by atoms with Crippen LogP contribution >= 0.6 is 0 Å². The lowest BCUT2D eigenvalue weighted by molar-refractivity contribution is 0.344. The highest BCUT2D eigenvalue weighted by atomic mass is 16.5. The monoisotopic (exact) mass is 135 g/mol. The molecule has 0 fully saturated rings. The molecule has 52 valence electrons. The zero-order chi connectivity index (χ0) is 6.97. The summed E-state index contributed by atoms with van der Waals surface area (Å²) in [6.07, 6.45) is 1.02. The first kappa shape index (κ1) is 5.71. The van der Waals surface area contributed by atoms with Gasteiger partial charge in [0.2, 0.25) is 5.88 Å². The number of pyridine rings is 1. The van der Waals surface area contributed by atoms with Gasteiger partial charge in [-0.2, -0.15) is 0 Å². The molecule has 10 heavy (non-hydrogen) atoms. The van der Waals surface area contributed by atoms with Gasteiger partial charge >= 0.3 is 0 Å². The summed E-state index contributed by atoms with van der Waals surface area (Å²) in [5, 5.41) is 0. The van der Waals surface area contributed by atoms with Crippen LogP contribution in [-0.2, 0) is 6.42 Å². The molecule has 1 aliphatic rings. The van der Waals surface area contributed by atoms with Gasteiger partial charge in [-0.25, -0.2) is 4.98 Å². The van der Waals surface area contributed by atoms with Crippen LogP contribution in [0.5, 0.6) is 5.88 Å². The van der Waals surface area contributed by atoms with E-state index >= 15 is 0 Å². The number of hydrogen-bond donors (Lipinski definition) is 0. The van der Waals surface area contributed by atoms with Crippen molar-refractivity contribution in [3.63, 3.8) is 0 Å². The molecule has 2 heteroatoms. The Morgan fingerprint density at radius 2 is 2.40 bits per heavy atom. The third-order valence-corrected chi connectivity index (χ3v) is 1.69. The Bertz CT molecular complexity index is 257. The molecular weight excluding hydrogens is 126 g/mol. The summed E-state index contributed by atoms with van der Waals surface area (Å²) in [6.45, 7) is 2.77. The normalized spacial score (nSPS) is 14.5. The number of fused-ring (bicyclic) bond motifs is 1.